The Balaban J connectivity index is 1.43. The molecule has 0 bridgehead atoms. The van der Waals surface area contributed by atoms with E-state index in [1.807, 2.05) is 26.0 Å². The normalized spacial score (nSPS) is 13.9. The molecule has 3 aromatic rings. The molecular weight excluding hydrogens is 626 g/mol. The van der Waals surface area contributed by atoms with Crippen LogP contribution in [0.5, 0.6) is 0 Å². The van der Waals surface area contributed by atoms with E-state index in [1.165, 1.54) is 29.5 Å². The Morgan fingerprint density at radius 1 is 1.15 bits per heavy atom. The van der Waals surface area contributed by atoms with Crippen molar-refractivity contribution in [3.8, 4) is 11.8 Å². The topological polar surface area (TPSA) is 185 Å². The Kier molecular flexibility index (Phi) is 11.1. The molecule has 1 atom stereocenters. The fourth-order valence-corrected chi connectivity index (χ4v) is 6.24. The lowest BCUT2D eigenvalue weighted by Gasteiger charge is -2.24. The van der Waals surface area contributed by atoms with E-state index in [2.05, 4.69) is 22.5 Å². The van der Waals surface area contributed by atoms with Crippen LogP contribution in [0.25, 0.3) is 0 Å². The number of aromatic carboxylic acids is 1. The van der Waals surface area contributed by atoms with Gasteiger partial charge in [0.25, 0.3) is 0 Å². The number of anilines is 2. The van der Waals surface area contributed by atoms with Gasteiger partial charge in [-0.3, -0.25) is 30.3 Å². The zero-order valence-corrected chi connectivity index (χ0v) is 27.2. The van der Waals surface area contributed by atoms with Gasteiger partial charge in [0.2, 0.25) is 11.8 Å². The maximum absolute atomic E-state index is 13.1. The molecule has 2 heterocycles. The molecule has 238 valence electrons. The third-order valence-corrected chi connectivity index (χ3v) is 8.69. The summed E-state index contributed by atoms with van der Waals surface area (Å²) in [6, 6.07) is 10.7. The molecule has 11 nitrogen and oxygen atoms in total. The van der Waals surface area contributed by atoms with E-state index in [9.17, 15) is 19.5 Å². The number of carboxylic acid groups (broad SMARTS) is 1. The van der Waals surface area contributed by atoms with Crippen molar-refractivity contribution in [2.45, 2.75) is 46.1 Å². The van der Waals surface area contributed by atoms with E-state index in [-0.39, 0.29) is 60.5 Å². The number of nitrogens with one attached hydrogen (secondary N) is 4. The van der Waals surface area contributed by atoms with Crippen molar-refractivity contribution in [2.75, 3.05) is 23.3 Å². The Bertz CT molecular complexity index is 1800. The molecule has 13 heteroatoms. The molecule has 0 radical (unpaired) electrons. The number of nitrogens with zero attached hydrogens (tertiary/aromatic N) is 2. The predicted molar refractivity (Wildman–Crippen MR) is 183 cm³/mol. The highest BCUT2D eigenvalue weighted by molar-refractivity contribution is 7.17. The van der Waals surface area contributed by atoms with Crippen LogP contribution in [0.2, 0.25) is 5.02 Å². The zero-order chi connectivity index (χ0) is 33.5. The van der Waals surface area contributed by atoms with Gasteiger partial charge in [0, 0.05) is 45.2 Å². The molecule has 7 N–H and O–H groups in total. The molecule has 4 rings (SSSR count). The van der Waals surface area contributed by atoms with Crippen molar-refractivity contribution in [1.29, 1.82) is 10.8 Å². The number of rotatable bonds is 9. The zero-order valence-electron chi connectivity index (χ0n) is 25.6. The average Bonchev–Trinajstić information content (AvgIpc) is 3.22. The first-order chi connectivity index (χ1) is 21.9. The number of hydrogen-bond acceptors (Lipinski definition) is 8. The van der Waals surface area contributed by atoms with Gasteiger partial charge in [-0.25, -0.2) is 4.79 Å². The van der Waals surface area contributed by atoms with Gasteiger partial charge in [-0.1, -0.05) is 35.6 Å². The molecule has 1 aliphatic rings. The smallest absolute Gasteiger partial charge is 0.336 e. The molecule has 0 fully saturated rings. The van der Waals surface area contributed by atoms with Gasteiger partial charge >= 0.3 is 5.97 Å². The third-order valence-electron chi connectivity index (χ3n) is 7.24. The fraction of sp³-hybridized carbons (Fsp3) is 0.273. The number of aliphatic imine (C=N–C) groups is 1. The summed E-state index contributed by atoms with van der Waals surface area (Å²) >= 11 is 7.63. The minimum absolute atomic E-state index is 0.00722. The van der Waals surface area contributed by atoms with Gasteiger partial charge in [-0.05, 0) is 63.1 Å². The number of hydrogen-bond donors (Lipinski definition) is 6. The van der Waals surface area contributed by atoms with Crippen LogP contribution in [0.15, 0.2) is 47.5 Å². The van der Waals surface area contributed by atoms with Gasteiger partial charge in [0.1, 0.15) is 22.7 Å². The van der Waals surface area contributed by atoms with Crippen LogP contribution in [0, 0.1) is 36.5 Å². The summed E-state index contributed by atoms with van der Waals surface area (Å²) in [5, 5.41) is 33.7. The summed E-state index contributed by atoms with van der Waals surface area (Å²) in [6.07, 6.45) is 0.317. The monoisotopic (exact) mass is 659 g/mol. The van der Waals surface area contributed by atoms with Gasteiger partial charge in [0.15, 0.2) is 0 Å². The molecule has 1 aromatic heterocycles. The number of halogens is 1. The number of amides is 2. The lowest BCUT2D eigenvalue weighted by Crippen LogP contribution is -2.42. The van der Waals surface area contributed by atoms with E-state index in [1.54, 1.807) is 24.0 Å². The van der Waals surface area contributed by atoms with Crippen molar-refractivity contribution in [3.63, 3.8) is 0 Å². The number of amidine groups is 2. The average molecular weight is 660 g/mol. The maximum atomic E-state index is 13.1. The number of thiophene rings is 1. The predicted octanol–water partition coefficient (Wildman–Crippen LogP) is 4.95. The molecule has 0 unspecified atom stereocenters. The Morgan fingerprint density at radius 3 is 2.52 bits per heavy atom. The van der Waals surface area contributed by atoms with Crippen molar-refractivity contribution >= 4 is 68.8 Å². The minimum atomic E-state index is -1.14. The first-order valence-corrected chi connectivity index (χ1v) is 15.6. The summed E-state index contributed by atoms with van der Waals surface area (Å²) in [5.74, 6) is 3.70. The molecule has 0 aliphatic carbocycles. The summed E-state index contributed by atoms with van der Waals surface area (Å²) in [5.41, 5.74) is 9.28. The second-order valence-corrected chi connectivity index (χ2v) is 12.2. The number of benzene rings is 2. The highest BCUT2D eigenvalue weighted by atomic mass is 35.5. The molecule has 0 spiro atoms. The van der Waals surface area contributed by atoms with Crippen LogP contribution in [-0.4, -0.2) is 59.4 Å². The molecular formula is C33H34ClN7O4S. The number of carbonyl (C=O) groups excluding carboxylic acids is 2. The molecule has 2 aromatic carbocycles. The summed E-state index contributed by atoms with van der Waals surface area (Å²) in [4.78, 5) is 44.6. The summed E-state index contributed by atoms with van der Waals surface area (Å²) in [6.45, 7) is 5.86. The first-order valence-electron chi connectivity index (χ1n) is 14.4. The Morgan fingerprint density at radius 2 is 1.87 bits per heavy atom. The van der Waals surface area contributed by atoms with Crippen LogP contribution in [0.3, 0.4) is 0 Å². The highest BCUT2D eigenvalue weighted by Gasteiger charge is 2.34. The molecule has 0 saturated heterocycles. The fourth-order valence-electron chi connectivity index (χ4n) is 4.89. The lowest BCUT2D eigenvalue weighted by atomic mass is 9.99. The molecule has 0 saturated carbocycles. The van der Waals surface area contributed by atoms with Crippen LogP contribution in [0.4, 0.5) is 10.7 Å². The lowest BCUT2D eigenvalue weighted by molar-refractivity contribution is -0.121. The second kappa shape index (κ2) is 15.0. The SMILES string of the molecule is CC(=N)N1C(=N)[C@H](CC(=O)NCCCC(=O)Nc2ccc(C(=O)O)c(C#CCN)c2)N=C(c2ccc(Cl)cc2)c2c1sc(C)c2C. The summed E-state index contributed by atoms with van der Waals surface area (Å²) < 4.78 is 0. The summed E-state index contributed by atoms with van der Waals surface area (Å²) in [7, 11) is 0. The van der Waals surface area contributed by atoms with Gasteiger partial charge in [-0.2, -0.15) is 0 Å². The quantitative estimate of drug-likeness (QED) is 0.0816. The van der Waals surface area contributed by atoms with Crippen molar-refractivity contribution < 1.29 is 19.5 Å². The minimum Gasteiger partial charge on any atom is -0.478 e. The van der Waals surface area contributed by atoms with Gasteiger partial charge < -0.3 is 21.5 Å². The van der Waals surface area contributed by atoms with E-state index in [0.29, 0.717) is 27.8 Å². The highest BCUT2D eigenvalue weighted by Crippen LogP contribution is 2.40. The Labute approximate surface area is 275 Å². The largest absolute Gasteiger partial charge is 0.478 e. The number of carbonyl (C=O) groups is 3. The van der Waals surface area contributed by atoms with Crippen molar-refractivity contribution in [1.82, 2.24) is 5.32 Å². The second-order valence-electron chi connectivity index (χ2n) is 10.5. The van der Waals surface area contributed by atoms with Crippen molar-refractivity contribution in [2.24, 2.45) is 10.7 Å². The van der Waals surface area contributed by atoms with Gasteiger partial charge in [0.05, 0.1) is 24.2 Å². The van der Waals surface area contributed by atoms with E-state index in [4.69, 9.17) is 33.1 Å². The molecule has 46 heavy (non-hydrogen) atoms. The number of nitrogens with two attached hydrogens (primary N) is 1. The van der Waals surface area contributed by atoms with Crippen LogP contribution in [-0.2, 0) is 9.59 Å². The van der Waals surface area contributed by atoms with E-state index in [0.717, 1.165) is 21.6 Å². The molecule has 1 aliphatic heterocycles. The third kappa shape index (κ3) is 7.87. The van der Waals surface area contributed by atoms with Crippen LogP contribution < -0.4 is 21.3 Å². The van der Waals surface area contributed by atoms with Crippen LogP contribution >= 0.6 is 22.9 Å². The number of aryl methyl sites for hydroxylation is 1. The standard InChI is InChI=1S/C33H34ClN7O4S/c1-18-19(2)46-32-29(18)30(21-8-10-23(34)11-9-21)40-26(31(37)41(32)20(3)36)17-28(43)38-15-5-7-27(42)39-24-12-13-25(33(44)45)22(16-24)6-4-14-35/h8-13,16,26,36-37H,5,7,14-15,17,35H2,1-3H3,(H,38,43)(H,39,42)(H,44,45)/t26-/m0/s1. The Hall–Kier alpha value is -4.83. The van der Waals surface area contributed by atoms with Gasteiger partial charge in [-0.15, -0.1) is 11.3 Å². The van der Waals surface area contributed by atoms with Crippen LogP contribution in [0.1, 0.15) is 63.7 Å². The maximum Gasteiger partial charge on any atom is 0.336 e. The number of carboxylic acids is 1. The molecule has 2 amide bonds. The van der Waals surface area contributed by atoms with E-state index < -0.39 is 12.0 Å². The number of fused-ring (bicyclic) bond motifs is 1. The van der Waals surface area contributed by atoms with Crippen molar-refractivity contribution in [3.05, 3.63) is 80.2 Å². The van der Waals surface area contributed by atoms with E-state index >= 15 is 0 Å². The first kappa shape index (κ1) is 34.1.